The molecule has 1 unspecified atom stereocenters. The predicted molar refractivity (Wildman–Crippen MR) is 156 cm³/mol. The highest BCUT2D eigenvalue weighted by atomic mass is 15.4. The topological polar surface area (TPSA) is 6.48 Å². The first kappa shape index (κ1) is 29.8. The van der Waals surface area contributed by atoms with Crippen molar-refractivity contribution < 1.29 is 0 Å². The summed E-state index contributed by atoms with van der Waals surface area (Å²) in [7, 11) is 0. The molecule has 0 saturated heterocycles. The van der Waals surface area contributed by atoms with Crippen LogP contribution in [0.4, 0.5) is 0 Å². The highest BCUT2D eigenvalue weighted by Crippen LogP contribution is 2.22. The minimum atomic E-state index is 0.505. The average Bonchev–Trinajstić information content (AvgIpc) is 3.25. The van der Waals surface area contributed by atoms with Crippen molar-refractivity contribution in [3.8, 4) is 0 Å². The minimum absolute atomic E-state index is 0.505. The lowest BCUT2D eigenvalue weighted by atomic mass is 10.0. The fourth-order valence-electron chi connectivity index (χ4n) is 5.45. The van der Waals surface area contributed by atoms with Crippen LogP contribution in [0.5, 0.6) is 0 Å². The second-order valence-electron chi connectivity index (χ2n) is 11.0. The van der Waals surface area contributed by atoms with Crippen molar-refractivity contribution in [1.82, 2.24) is 9.80 Å². The Kier molecular flexibility index (Phi) is 17.6. The van der Waals surface area contributed by atoms with E-state index in [0.717, 1.165) is 6.42 Å². The van der Waals surface area contributed by atoms with E-state index in [0.29, 0.717) is 6.17 Å². The summed E-state index contributed by atoms with van der Waals surface area (Å²) in [6.45, 7) is 7.02. The van der Waals surface area contributed by atoms with E-state index in [1.54, 1.807) is 0 Å². The van der Waals surface area contributed by atoms with Gasteiger partial charge in [-0.3, -0.25) is 0 Å². The Balaban J connectivity index is 1.62. The number of hydrogen-bond donors (Lipinski definition) is 0. The molecule has 0 aliphatic carbocycles. The molecule has 35 heavy (non-hydrogen) atoms. The van der Waals surface area contributed by atoms with Crippen LogP contribution in [0.1, 0.15) is 141 Å². The Labute approximate surface area is 219 Å². The van der Waals surface area contributed by atoms with Crippen LogP contribution in [-0.2, 0) is 6.42 Å². The van der Waals surface area contributed by atoms with Gasteiger partial charge in [0.15, 0.2) is 0 Å². The lowest BCUT2D eigenvalue weighted by Crippen LogP contribution is -2.41. The first-order valence-corrected chi connectivity index (χ1v) is 15.6. The molecule has 1 heterocycles. The predicted octanol–water partition coefficient (Wildman–Crippen LogP) is 10.1. The molecule has 200 valence electrons. The maximum absolute atomic E-state index is 2.63. The van der Waals surface area contributed by atoms with Gasteiger partial charge in [-0.25, -0.2) is 0 Å². The third-order valence-corrected chi connectivity index (χ3v) is 7.77. The molecular formula is C33H58N2. The Morgan fingerprint density at radius 1 is 0.486 bits per heavy atom. The lowest BCUT2D eigenvalue weighted by Gasteiger charge is -2.33. The number of hydrogen-bond acceptors (Lipinski definition) is 2. The molecule has 0 bridgehead atoms. The summed E-state index contributed by atoms with van der Waals surface area (Å²) in [5, 5.41) is 0. The van der Waals surface area contributed by atoms with Gasteiger partial charge in [-0.2, -0.15) is 0 Å². The molecule has 2 nitrogen and oxygen atoms in total. The van der Waals surface area contributed by atoms with Crippen molar-refractivity contribution in [1.29, 1.82) is 0 Å². The fraction of sp³-hybridized carbons (Fsp3) is 0.758. The van der Waals surface area contributed by atoms with E-state index in [1.807, 2.05) is 0 Å². The van der Waals surface area contributed by atoms with Crippen molar-refractivity contribution in [2.75, 3.05) is 13.1 Å². The zero-order valence-corrected chi connectivity index (χ0v) is 23.6. The SMILES string of the molecule is CCCCCCCCCCCCCCN1C=CN(CCCCCCCCC)C1Cc1ccccc1. The molecule has 0 saturated carbocycles. The molecule has 0 fully saturated rings. The smallest absolute Gasteiger partial charge is 0.105 e. The number of unbranched alkanes of at least 4 members (excludes halogenated alkanes) is 17. The summed E-state index contributed by atoms with van der Waals surface area (Å²) in [6, 6.07) is 11.1. The number of benzene rings is 1. The molecular weight excluding hydrogens is 424 g/mol. The van der Waals surface area contributed by atoms with Gasteiger partial charge in [0.25, 0.3) is 0 Å². The summed E-state index contributed by atoms with van der Waals surface area (Å²) in [4.78, 5) is 5.25. The van der Waals surface area contributed by atoms with Gasteiger partial charge in [-0.15, -0.1) is 0 Å². The molecule has 2 rings (SSSR count). The van der Waals surface area contributed by atoms with Gasteiger partial charge in [0.05, 0.1) is 0 Å². The first-order chi connectivity index (χ1) is 17.3. The van der Waals surface area contributed by atoms with Crippen molar-refractivity contribution >= 4 is 0 Å². The quantitative estimate of drug-likeness (QED) is 0.143. The molecule has 1 aromatic carbocycles. The maximum Gasteiger partial charge on any atom is 0.105 e. The van der Waals surface area contributed by atoms with Gasteiger partial charge in [0, 0.05) is 31.9 Å². The zero-order chi connectivity index (χ0) is 24.8. The Morgan fingerprint density at radius 2 is 0.857 bits per heavy atom. The molecule has 1 aromatic rings. The van der Waals surface area contributed by atoms with Crippen LogP contribution in [0.25, 0.3) is 0 Å². The third-order valence-electron chi connectivity index (χ3n) is 7.77. The van der Waals surface area contributed by atoms with Crippen LogP contribution >= 0.6 is 0 Å². The Morgan fingerprint density at radius 3 is 1.26 bits per heavy atom. The summed E-state index contributed by atoms with van der Waals surface area (Å²) in [5.41, 5.74) is 1.46. The van der Waals surface area contributed by atoms with Crippen LogP contribution in [0.15, 0.2) is 42.7 Å². The van der Waals surface area contributed by atoms with E-state index in [-0.39, 0.29) is 0 Å². The van der Waals surface area contributed by atoms with Crippen molar-refractivity contribution in [3.63, 3.8) is 0 Å². The lowest BCUT2D eigenvalue weighted by molar-refractivity contribution is 0.148. The van der Waals surface area contributed by atoms with Crippen LogP contribution in [-0.4, -0.2) is 29.1 Å². The van der Waals surface area contributed by atoms with Crippen LogP contribution < -0.4 is 0 Å². The third kappa shape index (κ3) is 14.0. The number of rotatable bonds is 23. The standard InChI is InChI=1S/C33H58N2/c1-3-5-7-9-11-12-13-14-15-17-19-24-28-35-30-29-34(27-23-18-16-10-8-6-4-2)33(35)31-32-25-21-20-22-26-32/h20-22,25-26,29-30,33H,3-19,23-24,27-28,31H2,1-2H3. The highest BCUT2D eigenvalue weighted by molar-refractivity contribution is 5.17. The normalized spacial score (nSPS) is 15.4. The molecule has 2 heteroatoms. The molecule has 1 atom stereocenters. The fourth-order valence-corrected chi connectivity index (χ4v) is 5.45. The van der Waals surface area contributed by atoms with E-state index in [9.17, 15) is 0 Å². The van der Waals surface area contributed by atoms with Crippen LogP contribution in [0.2, 0.25) is 0 Å². The maximum atomic E-state index is 2.63. The first-order valence-electron chi connectivity index (χ1n) is 15.6. The minimum Gasteiger partial charge on any atom is -0.356 e. The molecule has 0 aromatic heterocycles. The van der Waals surface area contributed by atoms with Gasteiger partial charge in [-0.1, -0.05) is 153 Å². The summed E-state index contributed by atoms with van der Waals surface area (Å²) in [6.07, 6.45) is 33.2. The average molecular weight is 483 g/mol. The second-order valence-corrected chi connectivity index (χ2v) is 11.0. The molecule has 0 spiro atoms. The van der Waals surface area contributed by atoms with Gasteiger partial charge in [0.2, 0.25) is 0 Å². The molecule has 0 amide bonds. The molecule has 1 aliphatic heterocycles. The largest absolute Gasteiger partial charge is 0.356 e. The van der Waals surface area contributed by atoms with E-state index >= 15 is 0 Å². The van der Waals surface area contributed by atoms with Gasteiger partial charge in [0.1, 0.15) is 6.17 Å². The van der Waals surface area contributed by atoms with Crippen LogP contribution in [0.3, 0.4) is 0 Å². The number of nitrogens with zero attached hydrogens (tertiary/aromatic N) is 2. The van der Waals surface area contributed by atoms with Gasteiger partial charge >= 0.3 is 0 Å². The van der Waals surface area contributed by atoms with Gasteiger partial charge < -0.3 is 9.80 Å². The van der Waals surface area contributed by atoms with Crippen molar-refractivity contribution in [2.45, 2.75) is 148 Å². The van der Waals surface area contributed by atoms with E-state index < -0.39 is 0 Å². The molecule has 1 aliphatic rings. The molecule has 0 N–H and O–H groups in total. The summed E-state index contributed by atoms with van der Waals surface area (Å²) in [5.74, 6) is 0. The van der Waals surface area contributed by atoms with E-state index in [1.165, 1.54) is 141 Å². The summed E-state index contributed by atoms with van der Waals surface area (Å²) >= 11 is 0. The Hall–Kier alpha value is -1.44. The summed E-state index contributed by atoms with van der Waals surface area (Å²) < 4.78 is 0. The van der Waals surface area contributed by atoms with Gasteiger partial charge in [-0.05, 0) is 18.4 Å². The molecule has 0 radical (unpaired) electrons. The highest BCUT2D eigenvalue weighted by Gasteiger charge is 2.25. The second kappa shape index (κ2) is 20.7. The van der Waals surface area contributed by atoms with E-state index in [4.69, 9.17) is 0 Å². The van der Waals surface area contributed by atoms with Crippen LogP contribution in [0, 0.1) is 0 Å². The van der Waals surface area contributed by atoms with E-state index in [2.05, 4.69) is 66.4 Å². The Bertz CT molecular complexity index is 611. The monoisotopic (exact) mass is 482 g/mol. The van der Waals surface area contributed by atoms with Crippen molar-refractivity contribution in [3.05, 3.63) is 48.3 Å². The van der Waals surface area contributed by atoms with Crippen molar-refractivity contribution in [2.24, 2.45) is 0 Å². The zero-order valence-electron chi connectivity index (χ0n) is 23.6.